The largest absolute Gasteiger partial charge is 0.493 e. The first-order valence-corrected chi connectivity index (χ1v) is 9.17. The lowest BCUT2D eigenvalue weighted by atomic mass is 10.2. The topological polar surface area (TPSA) is 87.9 Å². The molecule has 0 N–H and O–H groups in total. The van der Waals surface area contributed by atoms with Crippen LogP contribution in [0.5, 0.6) is 11.5 Å². The first kappa shape index (κ1) is 19.0. The Balaban J connectivity index is 1.83. The van der Waals surface area contributed by atoms with Crippen molar-refractivity contribution in [1.29, 1.82) is 0 Å². The molecule has 0 amide bonds. The normalized spacial score (nSPS) is 14.1. The molecule has 152 valence electrons. The Morgan fingerprint density at radius 1 is 1.07 bits per heavy atom. The van der Waals surface area contributed by atoms with Crippen LogP contribution in [0, 0.1) is 0 Å². The number of imidazole rings is 1. The number of aromatic nitrogens is 3. The summed E-state index contributed by atoms with van der Waals surface area (Å²) in [6, 6.07) is 7.17. The molecule has 0 radical (unpaired) electrons. The van der Waals surface area contributed by atoms with Crippen LogP contribution in [0.4, 0.5) is 5.82 Å². The minimum atomic E-state index is -0.424. The monoisotopic (exact) mass is 398 g/mol. The number of ether oxygens (including phenoxy) is 4. The van der Waals surface area contributed by atoms with Gasteiger partial charge in [-0.3, -0.25) is 4.57 Å². The lowest BCUT2D eigenvalue weighted by Crippen LogP contribution is -2.38. The van der Waals surface area contributed by atoms with Crippen LogP contribution < -0.4 is 14.4 Å². The van der Waals surface area contributed by atoms with E-state index in [0.717, 1.165) is 11.0 Å². The maximum Gasteiger partial charge on any atom is 0.341 e. The highest BCUT2D eigenvalue weighted by Crippen LogP contribution is 2.33. The summed E-state index contributed by atoms with van der Waals surface area (Å²) in [5.74, 6) is 1.98. The summed E-state index contributed by atoms with van der Waals surface area (Å²) in [4.78, 5) is 23.5. The van der Waals surface area contributed by atoms with Gasteiger partial charge in [0.2, 0.25) is 0 Å². The Kier molecular flexibility index (Phi) is 5.22. The number of nitrogens with zero attached hydrogens (tertiary/aromatic N) is 4. The Bertz CT molecular complexity index is 1040. The number of carbonyl (C=O) groups is 1. The summed E-state index contributed by atoms with van der Waals surface area (Å²) in [5.41, 5.74) is 1.98. The quantitative estimate of drug-likeness (QED) is 0.604. The molecule has 4 rings (SSSR count). The maximum atomic E-state index is 12.3. The van der Waals surface area contributed by atoms with Crippen LogP contribution in [0.3, 0.4) is 0 Å². The number of esters is 1. The molecule has 1 fully saturated rings. The van der Waals surface area contributed by atoms with Gasteiger partial charge in [-0.1, -0.05) is 0 Å². The van der Waals surface area contributed by atoms with Gasteiger partial charge in [0, 0.05) is 25.2 Å². The minimum Gasteiger partial charge on any atom is -0.493 e. The molecule has 3 heterocycles. The zero-order chi connectivity index (χ0) is 20.4. The summed E-state index contributed by atoms with van der Waals surface area (Å²) in [5, 5.41) is 0. The van der Waals surface area contributed by atoms with Crippen molar-refractivity contribution >= 4 is 22.8 Å². The predicted molar refractivity (Wildman–Crippen MR) is 106 cm³/mol. The average Bonchev–Trinajstić information content (AvgIpc) is 3.20. The number of methoxy groups -OCH3 is 3. The van der Waals surface area contributed by atoms with E-state index in [-0.39, 0.29) is 0 Å². The first-order chi connectivity index (χ1) is 14.2. The van der Waals surface area contributed by atoms with E-state index < -0.39 is 5.97 Å². The summed E-state index contributed by atoms with van der Waals surface area (Å²) < 4.78 is 23.0. The second kappa shape index (κ2) is 7.96. The van der Waals surface area contributed by atoms with E-state index in [1.165, 1.54) is 7.11 Å². The molecule has 0 atom stereocenters. The molecule has 1 aliphatic rings. The molecule has 0 saturated carbocycles. The molecule has 2 aromatic heterocycles. The third-order valence-corrected chi connectivity index (χ3v) is 4.88. The zero-order valence-corrected chi connectivity index (χ0v) is 16.5. The van der Waals surface area contributed by atoms with Gasteiger partial charge < -0.3 is 23.8 Å². The van der Waals surface area contributed by atoms with Crippen molar-refractivity contribution in [2.45, 2.75) is 0 Å². The molecular weight excluding hydrogens is 376 g/mol. The van der Waals surface area contributed by atoms with Crippen LogP contribution in [0.1, 0.15) is 10.4 Å². The van der Waals surface area contributed by atoms with Gasteiger partial charge >= 0.3 is 5.97 Å². The zero-order valence-electron chi connectivity index (χ0n) is 16.5. The van der Waals surface area contributed by atoms with Crippen molar-refractivity contribution < 1.29 is 23.7 Å². The van der Waals surface area contributed by atoms with Gasteiger partial charge in [0.25, 0.3) is 0 Å². The van der Waals surface area contributed by atoms with Gasteiger partial charge in [-0.2, -0.15) is 0 Å². The molecule has 1 aromatic carbocycles. The van der Waals surface area contributed by atoms with E-state index >= 15 is 0 Å². The smallest absolute Gasteiger partial charge is 0.341 e. The Labute approximate surface area is 167 Å². The number of carbonyl (C=O) groups excluding carboxylic acids is 1. The van der Waals surface area contributed by atoms with Crippen molar-refractivity contribution in [2.75, 3.05) is 52.5 Å². The van der Waals surface area contributed by atoms with E-state index in [2.05, 4.69) is 4.98 Å². The number of morpholine rings is 1. The highest BCUT2D eigenvalue weighted by Gasteiger charge is 2.22. The fourth-order valence-electron chi connectivity index (χ4n) is 3.38. The fourth-order valence-corrected chi connectivity index (χ4v) is 3.38. The van der Waals surface area contributed by atoms with Crippen molar-refractivity contribution in [2.24, 2.45) is 0 Å². The molecule has 29 heavy (non-hydrogen) atoms. The second-order valence-corrected chi connectivity index (χ2v) is 6.44. The van der Waals surface area contributed by atoms with Gasteiger partial charge in [-0.25, -0.2) is 14.8 Å². The van der Waals surface area contributed by atoms with Crippen LogP contribution in [0.15, 0.2) is 30.6 Å². The number of hydrogen-bond donors (Lipinski definition) is 0. The molecular formula is C20H22N4O5. The lowest BCUT2D eigenvalue weighted by molar-refractivity contribution is 0.0600. The summed E-state index contributed by atoms with van der Waals surface area (Å²) in [6.07, 6.45) is 1.69. The third-order valence-electron chi connectivity index (χ3n) is 4.88. The Morgan fingerprint density at radius 2 is 1.79 bits per heavy atom. The highest BCUT2D eigenvalue weighted by atomic mass is 16.5. The van der Waals surface area contributed by atoms with Crippen molar-refractivity contribution in [3.63, 3.8) is 0 Å². The van der Waals surface area contributed by atoms with Crippen molar-refractivity contribution in [3.8, 4) is 17.3 Å². The van der Waals surface area contributed by atoms with Gasteiger partial charge in [0.15, 0.2) is 11.5 Å². The molecule has 9 heteroatoms. The predicted octanol–water partition coefficient (Wildman–Crippen LogP) is 2.06. The first-order valence-electron chi connectivity index (χ1n) is 9.17. The Hall–Kier alpha value is -3.33. The number of benzene rings is 1. The molecule has 9 nitrogen and oxygen atoms in total. The molecule has 1 saturated heterocycles. The van der Waals surface area contributed by atoms with Gasteiger partial charge in [0.1, 0.15) is 23.5 Å². The number of hydrogen-bond acceptors (Lipinski definition) is 8. The number of fused-ring (bicyclic) bond motifs is 1. The molecule has 0 aliphatic carbocycles. The van der Waals surface area contributed by atoms with E-state index in [1.54, 1.807) is 32.7 Å². The summed E-state index contributed by atoms with van der Waals surface area (Å²) in [6.45, 7) is 2.46. The molecule has 3 aromatic rings. The molecule has 0 bridgehead atoms. The van der Waals surface area contributed by atoms with E-state index in [4.69, 9.17) is 23.9 Å². The van der Waals surface area contributed by atoms with Gasteiger partial charge in [-0.15, -0.1) is 0 Å². The van der Waals surface area contributed by atoms with Crippen molar-refractivity contribution in [3.05, 3.63) is 36.2 Å². The number of pyridine rings is 1. The van der Waals surface area contributed by atoms with Crippen LogP contribution in [-0.2, 0) is 9.47 Å². The fraction of sp³-hybridized carbons (Fsp3) is 0.350. The maximum absolute atomic E-state index is 12.3. The second-order valence-electron chi connectivity index (χ2n) is 6.44. The standard InChI is InChI=1S/C20H22N4O5/c1-26-16-10-14-15(11-17(16)27-2)24(12-21-14)18-5-4-13(20(25)28-3)19(22-18)23-6-8-29-9-7-23/h4-5,10-12H,6-9H2,1-3H3. The summed E-state index contributed by atoms with van der Waals surface area (Å²) in [7, 11) is 4.54. The van der Waals surface area contributed by atoms with Crippen LogP contribution >= 0.6 is 0 Å². The van der Waals surface area contributed by atoms with Crippen molar-refractivity contribution in [1.82, 2.24) is 14.5 Å². The van der Waals surface area contributed by atoms with Crippen LogP contribution in [0.25, 0.3) is 16.9 Å². The minimum absolute atomic E-state index is 0.418. The number of rotatable bonds is 5. The third kappa shape index (κ3) is 3.44. The van der Waals surface area contributed by atoms with Crippen LogP contribution in [0.2, 0.25) is 0 Å². The lowest BCUT2D eigenvalue weighted by Gasteiger charge is -2.29. The summed E-state index contributed by atoms with van der Waals surface area (Å²) >= 11 is 0. The van der Waals surface area contributed by atoms with E-state index in [0.29, 0.717) is 55.0 Å². The Morgan fingerprint density at radius 3 is 2.48 bits per heavy atom. The van der Waals surface area contributed by atoms with Gasteiger partial charge in [0.05, 0.1) is 45.6 Å². The van der Waals surface area contributed by atoms with E-state index in [1.807, 2.05) is 21.6 Å². The number of anilines is 1. The molecule has 1 aliphatic heterocycles. The highest BCUT2D eigenvalue weighted by molar-refractivity contribution is 5.95. The SMILES string of the molecule is COC(=O)c1ccc(-n2cnc3cc(OC)c(OC)cc32)nc1N1CCOCC1. The van der Waals surface area contributed by atoms with Crippen LogP contribution in [-0.4, -0.2) is 68.1 Å². The average molecular weight is 398 g/mol. The van der Waals surface area contributed by atoms with Gasteiger partial charge in [-0.05, 0) is 12.1 Å². The van der Waals surface area contributed by atoms with E-state index in [9.17, 15) is 4.79 Å². The molecule has 0 spiro atoms. The molecule has 0 unspecified atom stereocenters.